The molecule has 1 aromatic carbocycles. The van der Waals surface area contributed by atoms with Crippen molar-refractivity contribution in [2.45, 2.75) is 0 Å². The molecule has 0 saturated heterocycles. The summed E-state index contributed by atoms with van der Waals surface area (Å²) < 4.78 is 8.11. The summed E-state index contributed by atoms with van der Waals surface area (Å²) in [6.45, 7) is 0. The van der Waals surface area contributed by atoms with E-state index in [1.165, 1.54) is 0 Å². The van der Waals surface area contributed by atoms with Crippen LogP contribution in [0.15, 0.2) is 57.9 Å². The van der Waals surface area contributed by atoms with Crippen molar-refractivity contribution in [3.05, 3.63) is 53.4 Å². The highest BCUT2D eigenvalue weighted by Gasteiger charge is 2.11. The minimum Gasteiger partial charge on any atom is -0.334 e. The molecule has 0 aliphatic rings. The Bertz CT molecular complexity index is 930. The van der Waals surface area contributed by atoms with Crippen LogP contribution in [0.25, 0.3) is 28.5 Å². The minimum atomic E-state index is 0.459. The molecular formula is C14H8BrN5O. The maximum atomic E-state index is 5.34. The Morgan fingerprint density at radius 3 is 2.95 bits per heavy atom. The summed E-state index contributed by atoms with van der Waals surface area (Å²) in [5.41, 5.74) is 2.48. The summed E-state index contributed by atoms with van der Waals surface area (Å²) in [6, 6.07) is 11.5. The third-order valence-electron chi connectivity index (χ3n) is 3.05. The maximum Gasteiger partial charge on any atom is 0.259 e. The van der Waals surface area contributed by atoms with E-state index in [1.54, 1.807) is 10.7 Å². The Balaban J connectivity index is 1.76. The highest BCUT2D eigenvalue weighted by atomic mass is 79.9. The summed E-state index contributed by atoms with van der Waals surface area (Å²) >= 11 is 3.43. The van der Waals surface area contributed by atoms with Crippen molar-refractivity contribution >= 4 is 21.6 Å². The maximum absolute atomic E-state index is 5.34. The third kappa shape index (κ3) is 2.21. The van der Waals surface area contributed by atoms with E-state index in [9.17, 15) is 0 Å². The number of halogens is 1. The van der Waals surface area contributed by atoms with Crippen molar-refractivity contribution < 1.29 is 4.52 Å². The topological polar surface area (TPSA) is 69.1 Å². The fourth-order valence-electron chi connectivity index (χ4n) is 2.04. The van der Waals surface area contributed by atoms with E-state index in [4.69, 9.17) is 4.52 Å². The first kappa shape index (κ1) is 12.2. The Morgan fingerprint density at radius 1 is 1.10 bits per heavy atom. The molecule has 102 valence electrons. The van der Waals surface area contributed by atoms with Crippen LogP contribution in [0.1, 0.15) is 0 Å². The molecule has 6 nitrogen and oxygen atoms in total. The number of pyridine rings is 1. The standard InChI is InChI=1S/C14H8BrN5O/c15-11-3-1-2-9(6-11)13-17-14(21-19-13)10-4-5-12-18-16-8-20(12)7-10/h1-8H. The smallest absolute Gasteiger partial charge is 0.259 e. The average molecular weight is 342 g/mol. The summed E-state index contributed by atoms with van der Waals surface area (Å²) in [7, 11) is 0. The van der Waals surface area contributed by atoms with Crippen LogP contribution in [-0.2, 0) is 0 Å². The van der Waals surface area contributed by atoms with E-state index in [0.717, 1.165) is 21.2 Å². The van der Waals surface area contributed by atoms with E-state index >= 15 is 0 Å². The van der Waals surface area contributed by atoms with E-state index in [-0.39, 0.29) is 0 Å². The molecule has 0 amide bonds. The predicted octanol–water partition coefficient (Wildman–Crippen LogP) is 3.21. The molecule has 0 spiro atoms. The van der Waals surface area contributed by atoms with Crippen LogP contribution < -0.4 is 0 Å². The van der Waals surface area contributed by atoms with Gasteiger partial charge < -0.3 is 4.52 Å². The van der Waals surface area contributed by atoms with E-state index in [0.29, 0.717) is 11.7 Å². The molecule has 0 fully saturated rings. The second-order valence-corrected chi connectivity index (χ2v) is 5.36. The lowest BCUT2D eigenvalue weighted by molar-refractivity contribution is 0.432. The second-order valence-electron chi connectivity index (χ2n) is 4.45. The zero-order chi connectivity index (χ0) is 14.2. The van der Waals surface area contributed by atoms with Gasteiger partial charge in [0.2, 0.25) is 5.82 Å². The Labute approximate surface area is 127 Å². The summed E-state index contributed by atoms with van der Waals surface area (Å²) in [6.07, 6.45) is 3.48. The van der Waals surface area contributed by atoms with Gasteiger partial charge in [0.1, 0.15) is 6.33 Å². The van der Waals surface area contributed by atoms with E-state index in [1.807, 2.05) is 42.6 Å². The summed E-state index contributed by atoms with van der Waals surface area (Å²) in [5.74, 6) is 1.01. The lowest BCUT2D eigenvalue weighted by Gasteiger charge is -1.96. The van der Waals surface area contributed by atoms with Crippen LogP contribution in [0.5, 0.6) is 0 Å². The molecule has 0 N–H and O–H groups in total. The van der Waals surface area contributed by atoms with Gasteiger partial charge in [-0.15, -0.1) is 10.2 Å². The van der Waals surface area contributed by atoms with Crippen molar-refractivity contribution in [2.75, 3.05) is 0 Å². The van der Waals surface area contributed by atoms with Gasteiger partial charge in [-0.2, -0.15) is 4.98 Å². The molecule has 0 aliphatic carbocycles. The second kappa shape index (κ2) is 4.78. The van der Waals surface area contributed by atoms with Crippen LogP contribution in [-0.4, -0.2) is 24.7 Å². The third-order valence-corrected chi connectivity index (χ3v) is 3.54. The molecule has 0 unspecified atom stereocenters. The van der Waals surface area contributed by atoms with Crippen LogP contribution in [0, 0.1) is 0 Å². The van der Waals surface area contributed by atoms with Gasteiger partial charge in [-0.1, -0.05) is 33.2 Å². The quantitative estimate of drug-likeness (QED) is 0.559. The van der Waals surface area contributed by atoms with Gasteiger partial charge in [0.25, 0.3) is 5.89 Å². The van der Waals surface area contributed by atoms with Gasteiger partial charge in [0, 0.05) is 16.2 Å². The first-order chi connectivity index (χ1) is 10.3. The summed E-state index contributed by atoms with van der Waals surface area (Å²) in [5, 5.41) is 11.8. The first-order valence-corrected chi connectivity index (χ1v) is 6.98. The van der Waals surface area contributed by atoms with Crippen molar-refractivity contribution in [1.29, 1.82) is 0 Å². The Morgan fingerprint density at radius 2 is 2.05 bits per heavy atom. The molecule has 4 rings (SSSR count). The predicted molar refractivity (Wildman–Crippen MR) is 79.4 cm³/mol. The molecule has 7 heteroatoms. The molecule has 0 aliphatic heterocycles. The van der Waals surface area contributed by atoms with Gasteiger partial charge in [-0.3, -0.25) is 4.40 Å². The molecule has 4 aromatic rings. The molecule has 0 atom stereocenters. The number of nitrogens with zero attached hydrogens (tertiary/aromatic N) is 5. The first-order valence-electron chi connectivity index (χ1n) is 6.19. The molecular weight excluding hydrogens is 334 g/mol. The molecule has 3 aromatic heterocycles. The average Bonchev–Trinajstić information content (AvgIpc) is 3.15. The van der Waals surface area contributed by atoms with E-state index < -0.39 is 0 Å². The normalized spacial score (nSPS) is 11.1. The van der Waals surface area contributed by atoms with Crippen LogP contribution >= 0.6 is 15.9 Å². The molecule has 3 heterocycles. The lowest BCUT2D eigenvalue weighted by atomic mass is 10.2. The number of fused-ring (bicyclic) bond motifs is 1. The molecule has 21 heavy (non-hydrogen) atoms. The minimum absolute atomic E-state index is 0.459. The van der Waals surface area contributed by atoms with Gasteiger partial charge in [-0.05, 0) is 24.3 Å². The van der Waals surface area contributed by atoms with Crippen LogP contribution in [0.3, 0.4) is 0 Å². The highest BCUT2D eigenvalue weighted by molar-refractivity contribution is 9.10. The molecule has 0 bridgehead atoms. The monoisotopic (exact) mass is 341 g/mol. The van der Waals surface area contributed by atoms with Crippen molar-refractivity contribution in [3.63, 3.8) is 0 Å². The highest BCUT2D eigenvalue weighted by Crippen LogP contribution is 2.24. The zero-order valence-corrected chi connectivity index (χ0v) is 12.2. The van der Waals surface area contributed by atoms with Crippen molar-refractivity contribution in [2.24, 2.45) is 0 Å². The number of aromatic nitrogens is 5. The fourth-order valence-corrected chi connectivity index (χ4v) is 2.44. The van der Waals surface area contributed by atoms with Crippen molar-refractivity contribution in [1.82, 2.24) is 24.7 Å². The largest absolute Gasteiger partial charge is 0.334 e. The number of rotatable bonds is 2. The summed E-state index contributed by atoms with van der Waals surface area (Å²) in [4.78, 5) is 4.43. The van der Waals surface area contributed by atoms with Gasteiger partial charge >= 0.3 is 0 Å². The SMILES string of the molecule is Brc1cccc(-c2noc(-c3ccc4nncn4c3)n2)c1. The lowest BCUT2D eigenvalue weighted by Crippen LogP contribution is -1.86. The van der Waals surface area contributed by atoms with Gasteiger partial charge in [0.15, 0.2) is 5.65 Å². The zero-order valence-electron chi connectivity index (χ0n) is 10.6. The number of hydrogen-bond acceptors (Lipinski definition) is 5. The van der Waals surface area contributed by atoms with Crippen LogP contribution in [0.2, 0.25) is 0 Å². The Kier molecular flexibility index (Phi) is 2.78. The van der Waals surface area contributed by atoms with E-state index in [2.05, 4.69) is 36.3 Å². The Hall–Kier alpha value is -2.54. The van der Waals surface area contributed by atoms with Crippen LogP contribution in [0.4, 0.5) is 0 Å². The fraction of sp³-hybridized carbons (Fsp3) is 0. The van der Waals surface area contributed by atoms with Gasteiger partial charge in [-0.25, -0.2) is 0 Å². The molecule has 0 radical (unpaired) electrons. The molecule has 0 saturated carbocycles. The number of benzene rings is 1. The number of hydrogen-bond donors (Lipinski definition) is 0. The van der Waals surface area contributed by atoms with Gasteiger partial charge in [0.05, 0.1) is 5.56 Å². The van der Waals surface area contributed by atoms with Crippen molar-refractivity contribution in [3.8, 4) is 22.8 Å².